The molecule has 0 saturated heterocycles. The number of fused-ring (bicyclic) bond motifs is 1. The molecule has 0 aliphatic carbocycles. The molecule has 110 valence electrons. The van der Waals surface area contributed by atoms with Gasteiger partial charge in [0.2, 0.25) is 5.91 Å². The highest BCUT2D eigenvalue weighted by Gasteiger charge is 2.22. The molecule has 0 spiro atoms. The molecule has 0 unspecified atom stereocenters. The Morgan fingerprint density at radius 1 is 1.43 bits per heavy atom. The fourth-order valence-corrected chi connectivity index (χ4v) is 3.39. The molecule has 21 heavy (non-hydrogen) atoms. The van der Waals surface area contributed by atoms with E-state index < -0.39 is 6.10 Å². The molecule has 1 atom stereocenters. The van der Waals surface area contributed by atoms with Gasteiger partial charge in [-0.2, -0.15) is 0 Å². The van der Waals surface area contributed by atoms with E-state index in [0.29, 0.717) is 28.8 Å². The number of thiophene rings is 1. The average molecular weight is 324 g/mol. The SMILES string of the molecule is O=C(Cc1ccc(Cl)s1)Nc1cccc2c1OCC[C@H]2O. The summed E-state index contributed by atoms with van der Waals surface area (Å²) in [6, 6.07) is 9.00. The number of benzene rings is 1. The zero-order chi connectivity index (χ0) is 14.8. The molecular weight excluding hydrogens is 310 g/mol. The van der Waals surface area contributed by atoms with Gasteiger partial charge in [0.1, 0.15) is 5.75 Å². The number of amides is 1. The van der Waals surface area contributed by atoms with Crippen molar-refractivity contribution in [2.24, 2.45) is 0 Å². The lowest BCUT2D eigenvalue weighted by Gasteiger charge is -2.24. The van der Waals surface area contributed by atoms with Crippen LogP contribution in [0.5, 0.6) is 5.75 Å². The Morgan fingerprint density at radius 3 is 3.05 bits per heavy atom. The second kappa shape index (κ2) is 6.05. The zero-order valence-electron chi connectivity index (χ0n) is 11.1. The Hall–Kier alpha value is -1.56. The molecular formula is C15H14ClNO3S. The summed E-state index contributed by atoms with van der Waals surface area (Å²) < 4.78 is 6.25. The number of para-hydroxylation sites is 1. The van der Waals surface area contributed by atoms with Crippen LogP contribution in [-0.2, 0) is 11.2 Å². The van der Waals surface area contributed by atoms with Crippen molar-refractivity contribution in [3.63, 3.8) is 0 Å². The molecule has 4 nitrogen and oxygen atoms in total. The Morgan fingerprint density at radius 2 is 2.29 bits per heavy atom. The predicted octanol–water partition coefficient (Wildman–Crippen LogP) is 3.40. The third kappa shape index (κ3) is 3.20. The van der Waals surface area contributed by atoms with Gasteiger partial charge >= 0.3 is 0 Å². The van der Waals surface area contributed by atoms with Crippen LogP contribution in [0, 0.1) is 0 Å². The highest BCUT2D eigenvalue weighted by Crippen LogP contribution is 2.37. The summed E-state index contributed by atoms with van der Waals surface area (Å²) in [6.07, 6.45) is 0.295. The first kappa shape index (κ1) is 14.4. The quantitative estimate of drug-likeness (QED) is 0.910. The van der Waals surface area contributed by atoms with E-state index in [1.165, 1.54) is 11.3 Å². The highest BCUT2D eigenvalue weighted by molar-refractivity contribution is 7.16. The van der Waals surface area contributed by atoms with Crippen LogP contribution in [0.2, 0.25) is 4.34 Å². The second-order valence-electron chi connectivity index (χ2n) is 4.81. The van der Waals surface area contributed by atoms with Crippen molar-refractivity contribution in [1.82, 2.24) is 0 Å². The summed E-state index contributed by atoms with van der Waals surface area (Å²) in [4.78, 5) is 13.0. The number of carbonyl (C=O) groups excluding carboxylic acids is 1. The molecule has 6 heteroatoms. The van der Waals surface area contributed by atoms with Crippen molar-refractivity contribution in [2.45, 2.75) is 18.9 Å². The van der Waals surface area contributed by atoms with Crippen LogP contribution >= 0.6 is 22.9 Å². The van der Waals surface area contributed by atoms with Gasteiger partial charge in [0.15, 0.2) is 0 Å². The van der Waals surface area contributed by atoms with Crippen LogP contribution in [0.1, 0.15) is 23.0 Å². The van der Waals surface area contributed by atoms with Crippen LogP contribution in [0.4, 0.5) is 5.69 Å². The Balaban J connectivity index is 1.76. The molecule has 0 saturated carbocycles. The van der Waals surface area contributed by atoms with Gasteiger partial charge in [-0.3, -0.25) is 4.79 Å². The van der Waals surface area contributed by atoms with Crippen LogP contribution in [0.3, 0.4) is 0 Å². The molecule has 2 aromatic rings. The van der Waals surface area contributed by atoms with Crippen LogP contribution in [0.15, 0.2) is 30.3 Å². The lowest BCUT2D eigenvalue weighted by molar-refractivity contribution is -0.115. The maximum atomic E-state index is 12.1. The van der Waals surface area contributed by atoms with Gasteiger partial charge in [0.25, 0.3) is 0 Å². The summed E-state index contributed by atoms with van der Waals surface area (Å²) >= 11 is 7.24. The van der Waals surface area contributed by atoms with Crippen molar-refractivity contribution >= 4 is 34.5 Å². The molecule has 1 aromatic heterocycles. The minimum absolute atomic E-state index is 0.134. The van der Waals surface area contributed by atoms with E-state index in [1.54, 1.807) is 18.2 Å². The fraction of sp³-hybridized carbons (Fsp3) is 0.267. The van der Waals surface area contributed by atoms with E-state index >= 15 is 0 Å². The largest absolute Gasteiger partial charge is 0.491 e. The lowest BCUT2D eigenvalue weighted by atomic mass is 10.0. The van der Waals surface area contributed by atoms with Crippen molar-refractivity contribution in [3.8, 4) is 5.75 Å². The Labute approximate surface area is 131 Å². The van der Waals surface area contributed by atoms with Crippen molar-refractivity contribution in [3.05, 3.63) is 45.1 Å². The van der Waals surface area contributed by atoms with Gasteiger partial charge in [-0.05, 0) is 18.2 Å². The summed E-state index contributed by atoms with van der Waals surface area (Å²) in [5, 5.41) is 12.8. The van der Waals surface area contributed by atoms with Gasteiger partial charge in [0, 0.05) is 16.9 Å². The zero-order valence-corrected chi connectivity index (χ0v) is 12.7. The van der Waals surface area contributed by atoms with E-state index in [0.717, 1.165) is 10.4 Å². The van der Waals surface area contributed by atoms with Crippen molar-refractivity contribution in [1.29, 1.82) is 0 Å². The van der Waals surface area contributed by atoms with E-state index in [9.17, 15) is 9.90 Å². The number of hydrogen-bond donors (Lipinski definition) is 2. The first-order chi connectivity index (χ1) is 10.1. The molecule has 0 fully saturated rings. The number of carbonyl (C=O) groups is 1. The summed E-state index contributed by atoms with van der Waals surface area (Å²) in [7, 11) is 0. The molecule has 3 rings (SSSR count). The number of hydrogen-bond acceptors (Lipinski definition) is 4. The molecule has 2 N–H and O–H groups in total. The van der Waals surface area contributed by atoms with Gasteiger partial charge in [-0.25, -0.2) is 0 Å². The summed E-state index contributed by atoms with van der Waals surface area (Å²) in [5.74, 6) is 0.430. The third-order valence-electron chi connectivity index (χ3n) is 3.28. The van der Waals surface area contributed by atoms with Gasteiger partial charge in [-0.1, -0.05) is 23.7 Å². The van der Waals surface area contributed by atoms with Crippen LogP contribution < -0.4 is 10.1 Å². The molecule has 2 heterocycles. The normalized spacial score (nSPS) is 17.0. The first-order valence-corrected chi connectivity index (χ1v) is 7.81. The summed E-state index contributed by atoms with van der Waals surface area (Å²) in [5.41, 5.74) is 1.32. The van der Waals surface area contributed by atoms with E-state index in [4.69, 9.17) is 16.3 Å². The average Bonchev–Trinajstić information content (AvgIpc) is 2.85. The van der Waals surface area contributed by atoms with E-state index in [2.05, 4.69) is 5.32 Å². The number of rotatable bonds is 3. The Bertz CT molecular complexity index is 671. The first-order valence-electron chi connectivity index (χ1n) is 6.61. The minimum atomic E-state index is -0.540. The molecule has 1 aliphatic rings. The number of aliphatic hydroxyl groups excluding tert-OH is 1. The number of halogens is 1. The molecule has 0 radical (unpaired) electrons. The van der Waals surface area contributed by atoms with Crippen LogP contribution in [-0.4, -0.2) is 17.6 Å². The number of nitrogens with one attached hydrogen (secondary N) is 1. The van der Waals surface area contributed by atoms with Gasteiger partial charge < -0.3 is 15.2 Å². The van der Waals surface area contributed by atoms with Crippen LogP contribution in [0.25, 0.3) is 0 Å². The number of ether oxygens (including phenoxy) is 1. The van der Waals surface area contributed by atoms with Gasteiger partial charge in [-0.15, -0.1) is 11.3 Å². The topological polar surface area (TPSA) is 58.6 Å². The fourth-order valence-electron chi connectivity index (χ4n) is 2.30. The second-order valence-corrected chi connectivity index (χ2v) is 6.61. The van der Waals surface area contributed by atoms with E-state index in [1.807, 2.05) is 12.1 Å². The third-order valence-corrected chi connectivity index (χ3v) is 4.51. The monoisotopic (exact) mass is 323 g/mol. The number of anilines is 1. The smallest absolute Gasteiger partial charge is 0.229 e. The maximum Gasteiger partial charge on any atom is 0.229 e. The molecule has 1 aliphatic heterocycles. The lowest BCUT2D eigenvalue weighted by Crippen LogP contribution is -2.18. The molecule has 1 aromatic carbocycles. The molecule has 0 bridgehead atoms. The maximum absolute atomic E-state index is 12.1. The Kier molecular flexibility index (Phi) is 4.14. The minimum Gasteiger partial charge on any atom is -0.491 e. The van der Waals surface area contributed by atoms with Crippen molar-refractivity contribution in [2.75, 3.05) is 11.9 Å². The van der Waals surface area contributed by atoms with E-state index in [-0.39, 0.29) is 12.3 Å². The van der Waals surface area contributed by atoms with Crippen molar-refractivity contribution < 1.29 is 14.6 Å². The highest BCUT2D eigenvalue weighted by atomic mass is 35.5. The predicted molar refractivity (Wildman–Crippen MR) is 83.2 cm³/mol. The number of aliphatic hydroxyl groups is 1. The molecule has 1 amide bonds. The van der Waals surface area contributed by atoms with Gasteiger partial charge in [0.05, 0.1) is 29.2 Å². The summed E-state index contributed by atoms with van der Waals surface area (Å²) in [6.45, 7) is 0.446. The standard InChI is InChI=1S/C15H14ClNO3S/c16-13-5-4-9(21-13)8-14(19)17-11-3-1-2-10-12(18)6-7-20-15(10)11/h1-5,12,18H,6-8H2,(H,17,19)/t12-/m1/s1.